The van der Waals surface area contributed by atoms with Crippen molar-refractivity contribution in [2.24, 2.45) is 0 Å². The Morgan fingerprint density at radius 2 is 2.00 bits per heavy atom. The van der Waals surface area contributed by atoms with E-state index in [0.717, 1.165) is 29.2 Å². The van der Waals surface area contributed by atoms with Crippen LogP contribution in [0.1, 0.15) is 52.9 Å². The summed E-state index contributed by atoms with van der Waals surface area (Å²) in [7, 11) is 0. The molecule has 126 valence electrons. The van der Waals surface area contributed by atoms with E-state index in [1.165, 1.54) is 0 Å². The first-order valence-corrected chi connectivity index (χ1v) is 8.07. The summed E-state index contributed by atoms with van der Waals surface area (Å²) in [6.45, 7) is 10.7. The zero-order valence-electron chi connectivity index (χ0n) is 14.7. The lowest BCUT2D eigenvalue weighted by Gasteiger charge is -2.13. The van der Waals surface area contributed by atoms with Gasteiger partial charge in [0, 0.05) is 29.2 Å². The molecule has 0 saturated heterocycles. The first kappa shape index (κ1) is 16.2. The second kappa shape index (κ2) is 6.07. The van der Waals surface area contributed by atoms with Gasteiger partial charge in [0.15, 0.2) is 5.65 Å². The molecule has 7 heteroatoms. The Balaban J connectivity index is 1.88. The van der Waals surface area contributed by atoms with Crippen molar-refractivity contribution in [3.8, 4) is 0 Å². The van der Waals surface area contributed by atoms with E-state index in [0.29, 0.717) is 11.2 Å². The standard InChI is InChI=1S/C17H22N6O/c1-6-22-13(5)14(8-18-22)12(4)21-17(24)15-9-19-23-11(3)7-10(2)20-16(15)23/h7-9,12H,6H2,1-5H3,(H,21,24). The molecule has 3 rings (SSSR count). The van der Waals surface area contributed by atoms with E-state index in [4.69, 9.17) is 0 Å². The van der Waals surface area contributed by atoms with E-state index in [1.807, 2.05) is 51.6 Å². The van der Waals surface area contributed by atoms with Crippen LogP contribution in [-0.4, -0.2) is 30.3 Å². The fourth-order valence-corrected chi connectivity index (χ4v) is 2.99. The molecule has 0 fully saturated rings. The van der Waals surface area contributed by atoms with Gasteiger partial charge >= 0.3 is 0 Å². The van der Waals surface area contributed by atoms with Crippen LogP contribution in [-0.2, 0) is 6.54 Å². The third-order valence-electron chi connectivity index (χ3n) is 4.28. The molecular weight excluding hydrogens is 304 g/mol. The maximum atomic E-state index is 12.7. The molecule has 1 amide bonds. The SMILES string of the molecule is CCn1ncc(C(C)NC(=O)c2cnn3c(C)cc(C)nc23)c1C. The Hall–Kier alpha value is -2.70. The van der Waals surface area contributed by atoms with Crippen LogP contribution in [0.25, 0.3) is 5.65 Å². The van der Waals surface area contributed by atoms with Crippen molar-refractivity contribution in [2.75, 3.05) is 0 Å². The Morgan fingerprint density at radius 3 is 2.67 bits per heavy atom. The average Bonchev–Trinajstić information content (AvgIpc) is 3.10. The number of aryl methyl sites for hydroxylation is 3. The van der Waals surface area contributed by atoms with Crippen LogP contribution < -0.4 is 5.32 Å². The largest absolute Gasteiger partial charge is 0.345 e. The average molecular weight is 326 g/mol. The molecular formula is C17H22N6O. The Bertz CT molecular complexity index is 907. The van der Waals surface area contributed by atoms with Crippen molar-refractivity contribution in [1.82, 2.24) is 29.7 Å². The number of carbonyl (C=O) groups excluding carboxylic acids is 1. The number of nitrogens with one attached hydrogen (secondary N) is 1. The predicted octanol–water partition coefficient (Wildman–Crippen LogP) is 2.36. The topological polar surface area (TPSA) is 77.1 Å². The molecule has 3 heterocycles. The summed E-state index contributed by atoms with van der Waals surface area (Å²) in [5, 5.41) is 11.6. The number of hydrogen-bond acceptors (Lipinski definition) is 4. The lowest BCUT2D eigenvalue weighted by Crippen LogP contribution is -2.27. The minimum Gasteiger partial charge on any atom is -0.345 e. The minimum absolute atomic E-state index is 0.140. The van der Waals surface area contributed by atoms with Crippen molar-refractivity contribution in [3.05, 3.63) is 46.7 Å². The zero-order chi connectivity index (χ0) is 17.4. The first-order chi connectivity index (χ1) is 11.4. The molecule has 1 atom stereocenters. The van der Waals surface area contributed by atoms with E-state index in [1.54, 1.807) is 10.7 Å². The molecule has 24 heavy (non-hydrogen) atoms. The summed E-state index contributed by atoms with van der Waals surface area (Å²) in [5.74, 6) is -0.182. The Morgan fingerprint density at radius 1 is 1.25 bits per heavy atom. The highest BCUT2D eigenvalue weighted by Crippen LogP contribution is 2.18. The number of amides is 1. The van der Waals surface area contributed by atoms with Crippen molar-refractivity contribution in [2.45, 2.75) is 47.2 Å². The molecule has 3 aromatic heterocycles. The second-order valence-electron chi connectivity index (χ2n) is 6.03. The van der Waals surface area contributed by atoms with Gasteiger partial charge < -0.3 is 5.32 Å². The van der Waals surface area contributed by atoms with Gasteiger partial charge in [0.1, 0.15) is 5.56 Å². The van der Waals surface area contributed by atoms with Gasteiger partial charge in [-0.15, -0.1) is 0 Å². The summed E-state index contributed by atoms with van der Waals surface area (Å²) < 4.78 is 3.61. The third-order valence-corrected chi connectivity index (χ3v) is 4.28. The maximum absolute atomic E-state index is 12.7. The van der Waals surface area contributed by atoms with Gasteiger partial charge in [-0.05, 0) is 40.7 Å². The van der Waals surface area contributed by atoms with Crippen molar-refractivity contribution in [1.29, 1.82) is 0 Å². The monoisotopic (exact) mass is 326 g/mol. The van der Waals surface area contributed by atoms with Crippen LogP contribution in [0.4, 0.5) is 0 Å². The van der Waals surface area contributed by atoms with Gasteiger partial charge in [-0.2, -0.15) is 10.2 Å². The summed E-state index contributed by atoms with van der Waals surface area (Å²) in [4.78, 5) is 17.1. The summed E-state index contributed by atoms with van der Waals surface area (Å²) in [5.41, 5.74) is 4.96. The van der Waals surface area contributed by atoms with Gasteiger partial charge in [0.25, 0.3) is 5.91 Å². The first-order valence-electron chi connectivity index (χ1n) is 8.07. The van der Waals surface area contributed by atoms with Crippen LogP contribution in [0, 0.1) is 20.8 Å². The molecule has 0 aliphatic carbocycles. The Labute approximate surface area is 140 Å². The van der Waals surface area contributed by atoms with Crippen LogP contribution in [0.2, 0.25) is 0 Å². The number of hydrogen-bond donors (Lipinski definition) is 1. The van der Waals surface area contributed by atoms with E-state index in [2.05, 4.69) is 20.5 Å². The molecule has 3 aromatic rings. The highest BCUT2D eigenvalue weighted by molar-refractivity contribution is 5.99. The number of fused-ring (bicyclic) bond motifs is 1. The van der Waals surface area contributed by atoms with Crippen LogP contribution in [0.3, 0.4) is 0 Å². The molecule has 7 nitrogen and oxygen atoms in total. The molecule has 0 aliphatic heterocycles. The molecule has 0 aromatic carbocycles. The number of rotatable bonds is 4. The van der Waals surface area contributed by atoms with E-state index in [-0.39, 0.29) is 11.9 Å². The highest BCUT2D eigenvalue weighted by Gasteiger charge is 2.20. The molecule has 0 saturated carbocycles. The second-order valence-corrected chi connectivity index (χ2v) is 6.03. The summed E-state index contributed by atoms with van der Waals surface area (Å²) in [6, 6.07) is 1.80. The third kappa shape index (κ3) is 2.66. The van der Waals surface area contributed by atoms with E-state index in [9.17, 15) is 4.79 Å². The lowest BCUT2D eigenvalue weighted by molar-refractivity contribution is 0.0941. The normalized spacial score (nSPS) is 12.5. The molecule has 1 N–H and O–H groups in total. The molecule has 0 spiro atoms. The van der Waals surface area contributed by atoms with Crippen molar-refractivity contribution < 1.29 is 4.79 Å². The number of carbonyl (C=O) groups is 1. The van der Waals surface area contributed by atoms with Crippen LogP contribution >= 0.6 is 0 Å². The molecule has 1 unspecified atom stereocenters. The number of nitrogens with zero attached hydrogens (tertiary/aromatic N) is 5. The quantitative estimate of drug-likeness (QED) is 0.798. The molecule has 0 aliphatic rings. The van der Waals surface area contributed by atoms with Gasteiger partial charge in [0.2, 0.25) is 0 Å². The van der Waals surface area contributed by atoms with Crippen molar-refractivity contribution >= 4 is 11.6 Å². The molecule has 0 bridgehead atoms. The zero-order valence-corrected chi connectivity index (χ0v) is 14.7. The number of aromatic nitrogens is 5. The van der Waals surface area contributed by atoms with Gasteiger partial charge in [-0.3, -0.25) is 9.48 Å². The van der Waals surface area contributed by atoms with Gasteiger partial charge in [0.05, 0.1) is 18.4 Å². The van der Waals surface area contributed by atoms with Gasteiger partial charge in [-0.25, -0.2) is 9.50 Å². The fourth-order valence-electron chi connectivity index (χ4n) is 2.99. The smallest absolute Gasteiger partial charge is 0.257 e. The maximum Gasteiger partial charge on any atom is 0.257 e. The summed E-state index contributed by atoms with van der Waals surface area (Å²) >= 11 is 0. The van der Waals surface area contributed by atoms with Gasteiger partial charge in [-0.1, -0.05) is 0 Å². The van der Waals surface area contributed by atoms with E-state index < -0.39 is 0 Å². The van der Waals surface area contributed by atoms with Crippen molar-refractivity contribution in [3.63, 3.8) is 0 Å². The Kier molecular flexibility index (Phi) is 4.09. The summed E-state index contributed by atoms with van der Waals surface area (Å²) in [6.07, 6.45) is 3.38. The molecule has 0 radical (unpaired) electrons. The fraction of sp³-hybridized carbons (Fsp3) is 0.412. The predicted molar refractivity (Wildman–Crippen MR) is 91.0 cm³/mol. The lowest BCUT2D eigenvalue weighted by atomic mass is 10.1. The minimum atomic E-state index is -0.182. The van der Waals surface area contributed by atoms with Crippen LogP contribution in [0.5, 0.6) is 0 Å². The van der Waals surface area contributed by atoms with E-state index >= 15 is 0 Å². The highest BCUT2D eigenvalue weighted by atomic mass is 16.1. The van der Waals surface area contributed by atoms with Crippen LogP contribution in [0.15, 0.2) is 18.5 Å².